The second-order valence-electron chi connectivity index (χ2n) is 3.70. The van der Waals surface area contributed by atoms with Gasteiger partial charge < -0.3 is 16.4 Å². The fourth-order valence-corrected chi connectivity index (χ4v) is 1.46. The van der Waals surface area contributed by atoms with Crippen LogP contribution in [0.3, 0.4) is 0 Å². The Labute approximate surface area is 96.2 Å². The van der Waals surface area contributed by atoms with E-state index in [0.29, 0.717) is 5.69 Å². The molecule has 0 aromatic heterocycles. The second-order valence-corrected chi connectivity index (χ2v) is 3.70. The minimum Gasteiger partial charge on any atom is -0.385 e. The van der Waals surface area contributed by atoms with Crippen molar-refractivity contribution in [1.82, 2.24) is 0 Å². The van der Waals surface area contributed by atoms with E-state index < -0.39 is 6.03 Å². The third kappa shape index (κ3) is 4.68. The molecule has 4 nitrogen and oxygen atoms in total. The number of nitrogens with one attached hydrogen (secondary N) is 2. The van der Waals surface area contributed by atoms with E-state index in [1.54, 1.807) is 0 Å². The number of primary amides is 1. The first kappa shape index (κ1) is 12.4. The van der Waals surface area contributed by atoms with Crippen LogP contribution in [-0.4, -0.2) is 12.6 Å². The van der Waals surface area contributed by atoms with Crippen LogP contribution in [0.2, 0.25) is 0 Å². The zero-order chi connectivity index (χ0) is 11.8. The number of hydrogen-bond donors (Lipinski definition) is 3. The molecule has 16 heavy (non-hydrogen) atoms. The van der Waals surface area contributed by atoms with Crippen LogP contribution in [0.25, 0.3) is 0 Å². The number of anilines is 2. The van der Waals surface area contributed by atoms with Crippen LogP contribution >= 0.6 is 0 Å². The molecule has 0 aliphatic carbocycles. The van der Waals surface area contributed by atoms with Gasteiger partial charge in [0.25, 0.3) is 0 Å². The van der Waals surface area contributed by atoms with Crippen molar-refractivity contribution in [2.24, 2.45) is 5.73 Å². The van der Waals surface area contributed by atoms with Crippen LogP contribution in [0.15, 0.2) is 24.3 Å². The summed E-state index contributed by atoms with van der Waals surface area (Å²) in [4.78, 5) is 10.7. The Hall–Kier alpha value is -1.71. The van der Waals surface area contributed by atoms with Crippen molar-refractivity contribution >= 4 is 17.4 Å². The number of nitrogens with two attached hydrogens (primary N) is 1. The van der Waals surface area contributed by atoms with E-state index in [4.69, 9.17) is 5.73 Å². The molecule has 2 amide bonds. The molecule has 1 aromatic rings. The number of hydrogen-bond acceptors (Lipinski definition) is 2. The van der Waals surface area contributed by atoms with E-state index >= 15 is 0 Å². The topological polar surface area (TPSA) is 67.2 Å². The number of carbonyl (C=O) groups excluding carboxylic acids is 1. The molecule has 4 N–H and O–H groups in total. The molecule has 0 aliphatic heterocycles. The van der Waals surface area contributed by atoms with Crippen LogP contribution in [0.5, 0.6) is 0 Å². The Morgan fingerprint density at radius 1 is 1.31 bits per heavy atom. The van der Waals surface area contributed by atoms with Crippen LogP contribution in [0.4, 0.5) is 16.2 Å². The van der Waals surface area contributed by atoms with Crippen molar-refractivity contribution in [2.45, 2.75) is 26.2 Å². The maximum Gasteiger partial charge on any atom is 0.316 e. The summed E-state index contributed by atoms with van der Waals surface area (Å²) in [5.74, 6) is 0. The van der Waals surface area contributed by atoms with Gasteiger partial charge in [0.15, 0.2) is 0 Å². The van der Waals surface area contributed by atoms with E-state index in [9.17, 15) is 4.79 Å². The van der Waals surface area contributed by atoms with Crippen molar-refractivity contribution < 1.29 is 4.79 Å². The fourth-order valence-electron chi connectivity index (χ4n) is 1.46. The molecule has 0 atom stereocenters. The average Bonchev–Trinajstić information content (AvgIpc) is 2.24. The first-order valence-electron chi connectivity index (χ1n) is 5.62. The van der Waals surface area contributed by atoms with E-state index in [0.717, 1.165) is 18.7 Å². The number of unbranched alkanes of at least 4 members (excludes halogenated alkanes) is 2. The lowest BCUT2D eigenvalue weighted by molar-refractivity contribution is 0.259. The van der Waals surface area contributed by atoms with Crippen molar-refractivity contribution in [3.8, 4) is 0 Å². The van der Waals surface area contributed by atoms with Gasteiger partial charge in [-0.05, 0) is 24.6 Å². The van der Waals surface area contributed by atoms with E-state index in [1.807, 2.05) is 24.3 Å². The highest BCUT2D eigenvalue weighted by Crippen LogP contribution is 2.14. The van der Waals surface area contributed by atoms with Gasteiger partial charge in [-0.15, -0.1) is 0 Å². The molecular weight excluding hydrogens is 202 g/mol. The number of urea groups is 1. The summed E-state index contributed by atoms with van der Waals surface area (Å²) >= 11 is 0. The van der Waals surface area contributed by atoms with Crippen molar-refractivity contribution in [1.29, 1.82) is 0 Å². The molecule has 0 fully saturated rings. The van der Waals surface area contributed by atoms with Crippen LogP contribution in [0.1, 0.15) is 26.2 Å². The lowest BCUT2D eigenvalue weighted by Crippen LogP contribution is -2.19. The first-order valence-corrected chi connectivity index (χ1v) is 5.62. The van der Waals surface area contributed by atoms with Crippen LogP contribution in [0, 0.1) is 0 Å². The van der Waals surface area contributed by atoms with Gasteiger partial charge in [-0.25, -0.2) is 4.79 Å². The Balaban J connectivity index is 2.44. The maximum atomic E-state index is 10.7. The normalized spacial score (nSPS) is 9.81. The fraction of sp³-hybridized carbons (Fsp3) is 0.417. The Bertz CT molecular complexity index is 339. The lowest BCUT2D eigenvalue weighted by Gasteiger charge is -2.08. The molecular formula is C12H19N3O. The molecule has 88 valence electrons. The molecule has 0 heterocycles. The van der Waals surface area contributed by atoms with E-state index in [1.165, 1.54) is 12.8 Å². The predicted octanol–water partition coefficient (Wildman–Crippen LogP) is 2.78. The second kappa shape index (κ2) is 6.71. The van der Waals surface area contributed by atoms with Gasteiger partial charge in [-0.1, -0.05) is 25.8 Å². The number of benzene rings is 1. The molecule has 0 saturated heterocycles. The SMILES string of the molecule is CCCCCNc1cccc(NC(N)=O)c1. The minimum atomic E-state index is -0.539. The van der Waals surface area contributed by atoms with E-state index in [2.05, 4.69) is 17.6 Å². The molecule has 1 aromatic carbocycles. The smallest absolute Gasteiger partial charge is 0.316 e. The standard InChI is InChI=1S/C12H19N3O/c1-2-3-4-8-14-10-6-5-7-11(9-10)15-12(13)16/h5-7,9,14H,2-4,8H2,1H3,(H3,13,15,16). The average molecular weight is 221 g/mol. The number of carbonyl (C=O) groups is 1. The monoisotopic (exact) mass is 221 g/mol. The van der Waals surface area contributed by atoms with Gasteiger partial charge in [0.05, 0.1) is 0 Å². The summed E-state index contributed by atoms with van der Waals surface area (Å²) in [6.07, 6.45) is 3.60. The van der Waals surface area contributed by atoms with E-state index in [-0.39, 0.29) is 0 Å². The van der Waals surface area contributed by atoms with Gasteiger partial charge in [0, 0.05) is 17.9 Å². The Morgan fingerprint density at radius 3 is 2.75 bits per heavy atom. The van der Waals surface area contributed by atoms with Gasteiger partial charge in [0.1, 0.15) is 0 Å². The summed E-state index contributed by atoms with van der Waals surface area (Å²) < 4.78 is 0. The summed E-state index contributed by atoms with van der Waals surface area (Å²) in [5, 5.41) is 5.85. The third-order valence-electron chi connectivity index (χ3n) is 2.24. The van der Waals surface area contributed by atoms with Crippen LogP contribution < -0.4 is 16.4 Å². The number of amides is 2. The van der Waals surface area contributed by atoms with Gasteiger partial charge in [0.2, 0.25) is 0 Å². The van der Waals surface area contributed by atoms with Crippen molar-refractivity contribution in [3.05, 3.63) is 24.3 Å². The Kier molecular flexibility index (Phi) is 5.19. The first-order chi connectivity index (χ1) is 7.72. The van der Waals surface area contributed by atoms with Crippen LogP contribution in [-0.2, 0) is 0 Å². The molecule has 0 bridgehead atoms. The van der Waals surface area contributed by atoms with Crippen molar-refractivity contribution in [2.75, 3.05) is 17.2 Å². The third-order valence-corrected chi connectivity index (χ3v) is 2.24. The zero-order valence-corrected chi connectivity index (χ0v) is 9.62. The summed E-state index contributed by atoms with van der Waals surface area (Å²) in [5.41, 5.74) is 6.76. The largest absolute Gasteiger partial charge is 0.385 e. The van der Waals surface area contributed by atoms with Gasteiger partial charge in [-0.2, -0.15) is 0 Å². The quantitative estimate of drug-likeness (QED) is 0.646. The highest BCUT2D eigenvalue weighted by molar-refractivity contribution is 5.88. The van der Waals surface area contributed by atoms with Gasteiger partial charge >= 0.3 is 6.03 Å². The lowest BCUT2D eigenvalue weighted by atomic mass is 10.2. The Morgan fingerprint density at radius 2 is 2.06 bits per heavy atom. The summed E-state index contributed by atoms with van der Waals surface area (Å²) in [6.45, 7) is 3.13. The molecule has 0 aliphatic rings. The molecule has 0 saturated carbocycles. The molecule has 4 heteroatoms. The summed E-state index contributed by atoms with van der Waals surface area (Å²) in [7, 11) is 0. The maximum absolute atomic E-state index is 10.7. The highest BCUT2D eigenvalue weighted by Gasteiger charge is 1.97. The predicted molar refractivity (Wildman–Crippen MR) is 67.7 cm³/mol. The molecule has 0 spiro atoms. The molecule has 0 radical (unpaired) electrons. The number of rotatable bonds is 6. The zero-order valence-electron chi connectivity index (χ0n) is 9.62. The minimum absolute atomic E-state index is 0.539. The molecule has 1 rings (SSSR count). The van der Waals surface area contributed by atoms with Crippen molar-refractivity contribution in [3.63, 3.8) is 0 Å². The van der Waals surface area contributed by atoms with Gasteiger partial charge in [-0.3, -0.25) is 0 Å². The molecule has 0 unspecified atom stereocenters. The summed E-state index contributed by atoms with van der Waals surface area (Å²) in [6, 6.07) is 6.99. The highest BCUT2D eigenvalue weighted by atomic mass is 16.2.